The van der Waals surface area contributed by atoms with Gasteiger partial charge in [-0.1, -0.05) is 19.9 Å². The second-order valence-electron chi connectivity index (χ2n) is 6.70. The number of carbonyl (C=O) groups excluding carboxylic acids is 1. The van der Waals surface area contributed by atoms with E-state index in [9.17, 15) is 4.79 Å². The molecule has 0 aromatic heterocycles. The first-order valence-electron chi connectivity index (χ1n) is 8.76. The summed E-state index contributed by atoms with van der Waals surface area (Å²) >= 11 is 0. The lowest BCUT2D eigenvalue weighted by Gasteiger charge is -2.24. The Balaban J connectivity index is 1.71. The summed E-state index contributed by atoms with van der Waals surface area (Å²) in [6.45, 7) is 5.32. The average Bonchev–Trinajstić information content (AvgIpc) is 2.66. The third kappa shape index (κ3) is 4.15. The SMILES string of the molecule is CC(C)C(CC(=O)Nc1ccc(C#N)cc1)c1ccc2c(c1)OCCO2. The topological polar surface area (TPSA) is 71.4 Å². The predicted molar refractivity (Wildman–Crippen MR) is 99.4 cm³/mol. The summed E-state index contributed by atoms with van der Waals surface area (Å²) < 4.78 is 11.2. The molecule has 1 aliphatic heterocycles. The molecule has 5 heteroatoms. The van der Waals surface area contributed by atoms with Crippen LogP contribution in [-0.4, -0.2) is 19.1 Å². The van der Waals surface area contributed by atoms with E-state index in [0.717, 1.165) is 17.1 Å². The Morgan fingerprint density at radius 2 is 1.81 bits per heavy atom. The van der Waals surface area contributed by atoms with E-state index in [-0.39, 0.29) is 11.8 Å². The van der Waals surface area contributed by atoms with Crippen LogP contribution < -0.4 is 14.8 Å². The number of nitrogens with one attached hydrogen (secondary N) is 1. The van der Waals surface area contributed by atoms with Gasteiger partial charge in [0.05, 0.1) is 11.6 Å². The Morgan fingerprint density at radius 1 is 1.12 bits per heavy atom. The molecule has 2 aromatic rings. The van der Waals surface area contributed by atoms with Gasteiger partial charge in [0.25, 0.3) is 0 Å². The fourth-order valence-corrected chi connectivity index (χ4v) is 3.07. The number of benzene rings is 2. The minimum absolute atomic E-state index is 0.0525. The van der Waals surface area contributed by atoms with Gasteiger partial charge in [0.2, 0.25) is 5.91 Å². The van der Waals surface area contributed by atoms with Crippen molar-refractivity contribution in [1.82, 2.24) is 0 Å². The monoisotopic (exact) mass is 350 g/mol. The third-order valence-corrected chi connectivity index (χ3v) is 4.50. The summed E-state index contributed by atoms with van der Waals surface area (Å²) in [6, 6.07) is 14.8. The van der Waals surface area contributed by atoms with E-state index in [1.54, 1.807) is 24.3 Å². The second kappa shape index (κ2) is 7.92. The maximum absolute atomic E-state index is 12.5. The fraction of sp³-hybridized carbons (Fsp3) is 0.333. The van der Waals surface area contributed by atoms with Crippen molar-refractivity contribution in [3.8, 4) is 17.6 Å². The number of ether oxygens (including phenoxy) is 2. The summed E-state index contributed by atoms with van der Waals surface area (Å²) in [5, 5.41) is 11.8. The zero-order valence-electron chi connectivity index (χ0n) is 15.0. The molecule has 1 amide bonds. The number of hydrogen-bond acceptors (Lipinski definition) is 4. The zero-order valence-corrected chi connectivity index (χ0v) is 15.0. The van der Waals surface area contributed by atoms with Gasteiger partial charge >= 0.3 is 0 Å². The summed E-state index contributed by atoms with van der Waals surface area (Å²) in [7, 11) is 0. The van der Waals surface area contributed by atoms with Crippen LogP contribution in [-0.2, 0) is 4.79 Å². The van der Waals surface area contributed by atoms with Crippen LogP contribution in [0.25, 0.3) is 0 Å². The Hall–Kier alpha value is -3.00. The smallest absolute Gasteiger partial charge is 0.224 e. The number of amides is 1. The van der Waals surface area contributed by atoms with E-state index in [4.69, 9.17) is 14.7 Å². The molecule has 26 heavy (non-hydrogen) atoms. The van der Waals surface area contributed by atoms with Gasteiger partial charge in [0.1, 0.15) is 13.2 Å². The van der Waals surface area contributed by atoms with Gasteiger partial charge in [-0.3, -0.25) is 4.79 Å². The molecular formula is C21H22N2O3. The molecule has 0 radical (unpaired) electrons. The van der Waals surface area contributed by atoms with Gasteiger partial charge in [0, 0.05) is 12.1 Å². The molecule has 0 saturated heterocycles. The van der Waals surface area contributed by atoms with E-state index in [2.05, 4.69) is 25.2 Å². The number of fused-ring (bicyclic) bond motifs is 1. The van der Waals surface area contributed by atoms with Crippen molar-refractivity contribution in [2.24, 2.45) is 5.92 Å². The summed E-state index contributed by atoms with van der Waals surface area (Å²) in [6.07, 6.45) is 0.372. The largest absolute Gasteiger partial charge is 0.486 e. The van der Waals surface area contributed by atoms with Crippen molar-refractivity contribution in [3.63, 3.8) is 0 Å². The fourth-order valence-electron chi connectivity index (χ4n) is 3.07. The molecule has 0 bridgehead atoms. The molecule has 1 atom stereocenters. The molecule has 0 aliphatic carbocycles. The molecule has 5 nitrogen and oxygen atoms in total. The maximum Gasteiger partial charge on any atom is 0.224 e. The third-order valence-electron chi connectivity index (χ3n) is 4.50. The minimum atomic E-state index is -0.0525. The van der Waals surface area contributed by atoms with Gasteiger partial charge in [-0.25, -0.2) is 0 Å². The Bertz CT molecular complexity index is 822. The standard InChI is InChI=1S/C21H22N2O3/c1-14(2)18(16-5-8-19-20(11-16)26-10-9-25-19)12-21(24)23-17-6-3-15(13-22)4-7-17/h3-8,11,14,18H,9-10,12H2,1-2H3,(H,23,24). The normalized spacial score (nSPS) is 13.8. The van der Waals surface area contributed by atoms with Crippen molar-refractivity contribution >= 4 is 11.6 Å². The number of rotatable bonds is 5. The van der Waals surface area contributed by atoms with Crippen LogP contribution in [0, 0.1) is 17.2 Å². The Morgan fingerprint density at radius 3 is 2.46 bits per heavy atom. The van der Waals surface area contributed by atoms with E-state index in [1.165, 1.54) is 0 Å². The second-order valence-corrected chi connectivity index (χ2v) is 6.70. The molecule has 3 rings (SSSR count). The van der Waals surface area contributed by atoms with Gasteiger partial charge in [-0.05, 0) is 53.8 Å². The summed E-state index contributed by atoms with van der Waals surface area (Å²) in [5.74, 6) is 1.81. The molecule has 0 saturated carbocycles. The molecule has 0 fully saturated rings. The molecule has 1 unspecified atom stereocenters. The first-order chi connectivity index (χ1) is 12.6. The van der Waals surface area contributed by atoms with Crippen LogP contribution >= 0.6 is 0 Å². The molecule has 1 heterocycles. The molecule has 1 N–H and O–H groups in total. The van der Waals surface area contributed by atoms with Gasteiger partial charge < -0.3 is 14.8 Å². The van der Waals surface area contributed by atoms with Crippen molar-refractivity contribution in [3.05, 3.63) is 53.6 Å². The van der Waals surface area contributed by atoms with Crippen molar-refractivity contribution in [2.45, 2.75) is 26.2 Å². The molecule has 1 aliphatic rings. The van der Waals surface area contributed by atoms with Gasteiger partial charge in [-0.2, -0.15) is 5.26 Å². The van der Waals surface area contributed by atoms with E-state index in [0.29, 0.717) is 36.8 Å². The van der Waals surface area contributed by atoms with Crippen LogP contribution in [0.15, 0.2) is 42.5 Å². The van der Waals surface area contributed by atoms with Crippen LogP contribution in [0.3, 0.4) is 0 Å². The number of nitriles is 1. The van der Waals surface area contributed by atoms with E-state index >= 15 is 0 Å². The van der Waals surface area contributed by atoms with E-state index < -0.39 is 0 Å². The molecular weight excluding hydrogens is 328 g/mol. The molecule has 0 spiro atoms. The summed E-state index contributed by atoms with van der Waals surface area (Å²) in [5.41, 5.74) is 2.33. The highest BCUT2D eigenvalue weighted by Crippen LogP contribution is 2.36. The molecule has 134 valence electrons. The lowest BCUT2D eigenvalue weighted by molar-refractivity contribution is -0.116. The maximum atomic E-state index is 12.5. The first-order valence-corrected chi connectivity index (χ1v) is 8.76. The number of hydrogen-bond donors (Lipinski definition) is 1. The lowest BCUT2D eigenvalue weighted by Crippen LogP contribution is -2.19. The van der Waals surface area contributed by atoms with Crippen LogP contribution in [0.2, 0.25) is 0 Å². The van der Waals surface area contributed by atoms with E-state index in [1.807, 2.05) is 18.2 Å². The lowest BCUT2D eigenvalue weighted by atomic mass is 9.85. The highest BCUT2D eigenvalue weighted by atomic mass is 16.6. The van der Waals surface area contributed by atoms with Gasteiger partial charge in [0.15, 0.2) is 11.5 Å². The molecule has 2 aromatic carbocycles. The number of carbonyl (C=O) groups is 1. The average molecular weight is 350 g/mol. The summed E-state index contributed by atoms with van der Waals surface area (Å²) in [4.78, 5) is 12.5. The Labute approximate surface area is 153 Å². The van der Waals surface area contributed by atoms with Crippen molar-refractivity contribution in [2.75, 3.05) is 18.5 Å². The van der Waals surface area contributed by atoms with Crippen molar-refractivity contribution in [1.29, 1.82) is 5.26 Å². The first kappa shape index (κ1) is 17.8. The highest BCUT2D eigenvalue weighted by molar-refractivity contribution is 5.91. The quantitative estimate of drug-likeness (QED) is 0.881. The number of nitrogens with zero attached hydrogens (tertiary/aromatic N) is 1. The zero-order chi connectivity index (χ0) is 18.5. The van der Waals surface area contributed by atoms with Crippen LogP contribution in [0.1, 0.15) is 37.3 Å². The van der Waals surface area contributed by atoms with Gasteiger partial charge in [-0.15, -0.1) is 0 Å². The van der Waals surface area contributed by atoms with Crippen LogP contribution in [0.5, 0.6) is 11.5 Å². The highest BCUT2D eigenvalue weighted by Gasteiger charge is 2.22. The van der Waals surface area contributed by atoms with Crippen molar-refractivity contribution < 1.29 is 14.3 Å². The number of anilines is 1. The minimum Gasteiger partial charge on any atom is -0.486 e. The predicted octanol–water partition coefficient (Wildman–Crippen LogP) is 4.10. The Kier molecular flexibility index (Phi) is 5.43. The van der Waals surface area contributed by atoms with Crippen LogP contribution in [0.4, 0.5) is 5.69 Å².